The number of rotatable bonds is 1. The first-order valence-corrected chi connectivity index (χ1v) is 6.88. The number of amides is 1. The van der Waals surface area contributed by atoms with Crippen molar-refractivity contribution in [2.24, 2.45) is 0 Å². The van der Waals surface area contributed by atoms with Crippen molar-refractivity contribution in [2.75, 3.05) is 13.1 Å². The molecule has 21 heavy (non-hydrogen) atoms. The summed E-state index contributed by atoms with van der Waals surface area (Å²) in [6.45, 7) is -0.895. The average molecular weight is 304 g/mol. The summed E-state index contributed by atoms with van der Waals surface area (Å²) in [4.78, 5) is 13.3. The van der Waals surface area contributed by atoms with Crippen LogP contribution in [0.4, 0.5) is 13.2 Å². The fourth-order valence-corrected chi connectivity index (χ4v) is 2.90. The highest BCUT2D eigenvalue weighted by Gasteiger charge is 2.58. The zero-order chi connectivity index (χ0) is 15.3. The fourth-order valence-electron chi connectivity index (χ4n) is 2.90. The van der Waals surface area contributed by atoms with E-state index in [0.717, 1.165) is 17.7 Å². The van der Waals surface area contributed by atoms with E-state index >= 15 is 0 Å². The number of aryl methyl sites for hydroxylation is 1. The van der Waals surface area contributed by atoms with Crippen molar-refractivity contribution < 1.29 is 27.6 Å². The lowest BCUT2D eigenvalue weighted by Crippen LogP contribution is -2.48. The van der Waals surface area contributed by atoms with Crippen LogP contribution in [0.15, 0.2) is 4.52 Å². The van der Waals surface area contributed by atoms with Crippen LogP contribution in [0.1, 0.15) is 41.1 Å². The summed E-state index contributed by atoms with van der Waals surface area (Å²) in [6, 6.07) is 0. The lowest BCUT2D eigenvalue weighted by atomic mass is 9.96. The van der Waals surface area contributed by atoms with Gasteiger partial charge in [-0.15, -0.1) is 0 Å². The van der Waals surface area contributed by atoms with Crippen molar-refractivity contribution in [1.29, 1.82) is 0 Å². The molecule has 5 nitrogen and oxygen atoms in total. The van der Waals surface area contributed by atoms with Crippen molar-refractivity contribution in [3.05, 3.63) is 17.0 Å². The van der Waals surface area contributed by atoms with Gasteiger partial charge >= 0.3 is 6.18 Å². The van der Waals surface area contributed by atoms with Crippen LogP contribution in [0.25, 0.3) is 0 Å². The number of carbonyl (C=O) groups is 1. The van der Waals surface area contributed by atoms with Gasteiger partial charge in [0.25, 0.3) is 5.91 Å². The van der Waals surface area contributed by atoms with E-state index in [4.69, 9.17) is 4.52 Å². The molecule has 0 bridgehead atoms. The van der Waals surface area contributed by atoms with Crippen LogP contribution >= 0.6 is 0 Å². The predicted molar refractivity (Wildman–Crippen MR) is 64.7 cm³/mol. The number of fused-ring (bicyclic) bond motifs is 1. The van der Waals surface area contributed by atoms with Crippen molar-refractivity contribution in [1.82, 2.24) is 10.1 Å². The second-order valence-electron chi connectivity index (χ2n) is 5.65. The number of carbonyl (C=O) groups excluding carboxylic acids is 1. The van der Waals surface area contributed by atoms with E-state index in [9.17, 15) is 23.1 Å². The molecule has 1 aliphatic heterocycles. The van der Waals surface area contributed by atoms with Gasteiger partial charge in [-0.25, -0.2) is 0 Å². The zero-order valence-corrected chi connectivity index (χ0v) is 11.2. The van der Waals surface area contributed by atoms with Crippen LogP contribution in [0, 0.1) is 0 Å². The molecule has 8 heteroatoms. The van der Waals surface area contributed by atoms with Crippen LogP contribution in [-0.4, -0.2) is 45.9 Å². The molecule has 0 radical (unpaired) electrons. The predicted octanol–water partition coefficient (Wildman–Crippen LogP) is 1.69. The summed E-state index contributed by atoms with van der Waals surface area (Å²) >= 11 is 0. The van der Waals surface area contributed by atoms with Crippen molar-refractivity contribution in [3.63, 3.8) is 0 Å². The number of hydrogen-bond acceptors (Lipinski definition) is 4. The first-order chi connectivity index (χ1) is 9.82. The molecule has 1 aromatic heterocycles. The Hall–Kier alpha value is -1.57. The third kappa shape index (κ3) is 2.31. The van der Waals surface area contributed by atoms with E-state index in [1.807, 2.05) is 0 Å². The smallest absolute Gasteiger partial charge is 0.379 e. The van der Waals surface area contributed by atoms with Crippen molar-refractivity contribution in [2.45, 2.75) is 43.9 Å². The van der Waals surface area contributed by atoms with E-state index in [0.29, 0.717) is 24.2 Å². The lowest BCUT2D eigenvalue weighted by molar-refractivity contribution is -0.253. The van der Waals surface area contributed by atoms with Gasteiger partial charge in [0.15, 0.2) is 11.3 Å². The van der Waals surface area contributed by atoms with Crippen molar-refractivity contribution in [3.8, 4) is 0 Å². The zero-order valence-electron chi connectivity index (χ0n) is 11.2. The quantitative estimate of drug-likeness (QED) is 0.857. The first-order valence-electron chi connectivity index (χ1n) is 6.88. The molecule has 1 aliphatic carbocycles. The Morgan fingerprint density at radius 2 is 2.05 bits per heavy atom. The summed E-state index contributed by atoms with van der Waals surface area (Å²) in [7, 11) is 0. The minimum atomic E-state index is -4.74. The van der Waals surface area contributed by atoms with E-state index in [1.165, 1.54) is 0 Å². The van der Waals surface area contributed by atoms with Gasteiger partial charge < -0.3 is 14.5 Å². The Morgan fingerprint density at radius 3 is 2.71 bits per heavy atom. The number of alkyl halides is 3. The molecule has 2 aliphatic rings. The Labute approximate surface area is 118 Å². The molecule has 3 rings (SSSR count). The molecule has 1 aromatic rings. The van der Waals surface area contributed by atoms with E-state index in [1.54, 1.807) is 0 Å². The molecule has 1 N–H and O–H groups in total. The van der Waals surface area contributed by atoms with Gasteiger partial charge in [-0.3, -0.25) is 4.79 Å². The molecule has 0 aromatic carbocycles. The van der Waals surface area contributed by atoms with Crippen LogP contribution < -0.4 is 0 Å². The van der Waals surface area contributed by atoms with Gasteiger partial charge in [0.1, 0.15) is 5.76 Å². The normalized spacial score (nSPS) is 26.0. The number of halogens is 3. The highest BCUT2D eigenvalue weighted by Crippen LogP contribution is 2.38. The molecule has 1 fully saturated rings. The summed E-state index contributed by atoms with van der Waals surface area (Å²) in [6.07, 6.45) is -2.05. The highest BCUT2D eigenvalue weighted by atomic mass is 19.4. The standard InChI is InChI=1S/C13H15F3N2O3/c14-13(15,16)12(20)5-6-18(7-12)11(19)10-8-3-1-2-4-9(8)21-17-10/h20H,1-7H2. The average Bonchev–Trinajstić information content (AvgIpc) is 3.02. The van der Waals surface area contributed by atoms with Crippen LogP contribution in [-0.2, 0) is 12.8 Å². The molecule has 2 heterocycles. The summed E-state index contributed by atoms with van der Waals surface area (Å²) in [5.41, 5.74) is -2.03. The Morgan fingerprint density at radius 1 is 1.33 bits per heavy atom. The monoisotopic (exact) mass is 304 g/mol. The molecule has 1 unspecified atom stereocenters. The second kappa shape index (κ2) is 4.72. The van der Waals surface area contributed by atoms with Gasteiger partial charge in [0, 0.05) is 24.9 Å². The number of hydrogen-bond donors (Lipinski definition) is 1. The molecule has 1 saturated heterocycles. The Bertz CT molecular complexity index is 569. The number of β-amino-alcohol motifs (C(OH)–C–C–N with tert-alkyl or cyclic N) is 1. The minimum Gasteiger partial charge on any atom is -0.379 e. The minimum absolute atomic E-state index is 0.0936. The maximum absolute atomic E-state index is 12.8. The largest absolute Gasteiger partial charge is 0.419 e. The number of likely N-dealkylation sites (tertiary alicyclic amines) is 1. The van der Waals surface area contributed by atoms with Gasteiger partial charge in [-0.2, -0.15) is 13.2 Å². The van der Waals surface area contributed by atoms with Gasteiger partial charge in [-0.05, 0) is 19.3 Å². The maximum atomic E-state index is 12.8. The molecule has 116 valence electrons. The molecule has 0 saturated carbocycles. The fraction of sp³-hybridized carbons (Fsp3) is 0.692. The van der Waals surface area contributed by atoms with Crippen LogP contribution in [0.3, 0.4) is 0 Å². The summed E-state index contributed by atoms with van der Waals surface area (Å²) in [5, 5.41) is 13.3. The summed E-state index contributed by atoms with van der Waals surface area (Å²) in [5.74, 6) is 0.0527. The van der Waals surface area contributed by atoms with Gasteiger partial charge in [-0.1, -0.05) is 5.16 Å². The third-order valence-electron chi connectivity index (χ3n) is 4.22. The van der Waals surface area contributed by atoms with E-state index < -0.39 is 30.7 Å². The molecule has 0 spiro atoms. The first kappa shape index (κ1) is 14.4. The van der Waals surface area contributed by atoms with Gasteiger partial charge in [0.05, 0.1) is 6.54 Å². The maximum Gasteiger partial charge on any atom is 0.419 e. The van der Waals surface area contributed by atoms with Crippen LogP contribution in [0.2, 0.25) is 0 Å². The highest BCUT2D eigenvalue weighted by molar-refractivity contribution is 5.94. The van der Waals surface area contributed by atoms with Gasteiger partial charge in [0.2, 0.25) is 0 Å². The molecular weight excluding hydrogens is 289 g/mol. The number of aliphatic hydroxyl groups is 1. The Balaban J connectivity index is 1.80. The number of nitrogens with zero attached hydrogens (tertiary/aromatic N) is 2. The second-order valence-corrected chi connectivity index (χ2v) is 5.65. The third-order valence-corrected chi connectivity index (χ3v) is 4.22. The Kier molecular flexibility index (Phi) is 3.23. The topological polar surface area (TPSA) is 66.6 Å². The number of aromatic nitrogens is 1. The van der Waals surface area contributed by atoms with E-state index in [2.05, 4.69) is 5.16 Å². The molecular formula is C13H15F3N2O3. The van der Waals surface area contributed by atoms with Crippen molar-refractivity contribution >= 4 is 5.91 Å². The molecule has 1 atom stereocenters. The summed E-state index contributed by atoms with van der Waals surface area (Å²) < 4.78 is 43.4. The molecule has 1 amide bonds. The SMILES string of the molecule is O=C(c1noc2c1CCCC2)N1CCC(O)(C(F)(F)F)C1. The van der Waals surface area contributed by atoms with E-state index in [-0.39, 0.29) is 12.2 Å². The van der Waals surface area contributed by atoms with Crippen LogP contribution in [0.5, 0.6) is 0 Å². The lowest BCUT2D eigenvalue weighted by Gasteiger charge is -2.25.